The van der Waals surface area contributed by atoms with E-state index in [1.807, 2.05) is 13.0 Å². The van der Waals surface area contributed by atoms with E-state index in [-0.39, 0.29) is 0 Å². The van der Waals surface area contributed by atoms with Gasteiger partial charge in [0.15, 0.2) is 0 Å². The molecule has 2 rings (SSSR count). The molecule has 2 unspecified atom stereocenters. The maximum atomic E-state index is 5.90. The fourth-order valence-corrected chi connectivity index (χ4v) is 2.27. The minimum Gasteiger partial charge on any atom is -0.361 e. The maximum Gasteiger partial charge on any atom is 0.133 e. The van der Waals surface area contributed by atoms with E-state index in [4.69, 9.17) is 10.3 Å². The molecule has 1 saturated carbocycles. The highest BCUT2D eigenvalue weighted by atomic mass is 16.5. The maximum absolute atomic E-state index is 5.90. The third-order valence-electron chi connectivity index (χ3n) is 3.16. The van der Waals surface area contributed by atoms with Gasteiger partial charge in [-0.1, -0.05) is 5.16 Å². The first-order chi connectivity index (χ1) is 7.15. The van der Waals surface area contributed by atoms with Gasteiger partial charge in [-0.2, -0.15) is 0 Å². The Kier molecular flexibility index (Phi) is 3.07. The third kappa shape index (κ3) is 2.58. The molecule has 1 heterocycles. The van der Waals surface area contributed by atoms with Gasteiger partial charge in [-0.05, 0) is 33.2 Å². The van der Waals surface area contributed by atoms with Crippen LogP contribution in [0.15, 0.2) is 10.6 Å². The van der Waals surface area contributed by atoms with Crippen LogP contribution in [-0.4, -0.2) is 29.2 Å². The molecular weight excluding hydrogens is 190 g/mol. The van der Waals surface area contributed by atoms with Gasteiger partial charge in [0.05, 0.1) is 5.69 Å². The molecule has 0 aliphatic heterocycles. The Morgan fingerprint density at radius 2 is 2.40 bits per heavy atom. The molecule has 1 aromatic heterocycles. The van der Waals surface area contributed by atoms with Crippen molar-refractivity contribution in [3.8, 4) is 0 Å². The number of aromatic nitrogens is 1. The van der Waals surface area contributed by atoms with Crippen LogP contribution < -0.4 is 5.73 Å². The second-order valence-electron chi connectivity index (χ2n) is 4.57. The summed E-state index contributed by atoms with van der Waals surface area (Å²) in [5, 5.41) is 4.00. The first kappa shape index (κ1) is 10.6. The van der Waals surface area contributed by atoms with E-state index < -0.39 is 0 Å². The molecule has 84 valence electrons. The first-order valence-electron chi connectivity index (χ1n) is 5.53. The Balaban J connectivity index is 1.89. The number of rotatable bonds is 3. The Bertz CT molecular complexity index is 323. The van der Waals surface area contributed by atoms with Crippen molar-refractivity contribution >= 4 is 0 Å². The van der Waals surface area contributed by atoms with Crippen molar-refractivity contribution in [1.29, 1.82) is 0 Å². The van der Waals surface area contributed by atoms with E-state index in [0.717, 1.165) is 30.8 Å². The van der Waals surface area contributed by atoms with E-state index in [2.05, 4.69) is 17.1 Å². The normalized spacial score (nSPS) is 26.4. The summed E-state index contributed by atoms with van der Waals surface area (Å²) < 4.78 is 5.05. The van der Waals surface area contributed by atoms with Crippen molar-refractivity contribution in [1.82, 2.24) is 10.1 Å². The van der Waals surface area contributed by atoms with Crippen LogP contribution >= 0.6 is 0 Å². The summed E-state index contributed by atoms with van der Waals surface area (Å²) in [4.78, 5) is 2.32. The van der Waals surface area contributed by atoms with E-state index in [1.54, 1.807) is 0 Å². The summed E-state index contributed by atoms with van der Waals surface area (Å²) in [5.41, 5.74) is 6.91. The van der Waals surface area contributed by atoms with Crippen molar-refractivity contribution in [2.24, 2.45) is 5.73 Å². The lowest BCUT2D eigenvalue weighted by Gasteiger charge is -2.22. The number of nitrogens with two attached hydrogens (primary N) is 1. The van der Waals surface area contributed by atoms with Gasteiger partial charge in [0, 0.05) is 24.7 Å². The Hall–Kier alpha value is -0.870. The zero-order chi connectivity index (χ0) is 10.8. The molecule has 0 saturated heterocycles. The number of hydrogen-bond acceptors (Lipinski definition) is 4. The molecule has 2 N–H and O–H groups in total. The summed E-state index contributed by atoms with van der Waals surface area (Å²) in [6, 6.07) is 2.99. The molecular formula is C11H19N3O. The second kappa shape index (κ2) is 4.33. The summed E-state index contributed by atoms with van der Waals surface area (Å²) in [5.74, 6) is 0.876. The summed E-state index contributed by atoms with van der Waals surface area (Å²) in [7, 11) is 2.13. The highest BCUT2D eigenvalue weighted by molar-refractivity contribution is 5.03. The molecule has 4 heteroatoms. The lowest BCUT2D eigenvalue weighted by Crippen LogP contribution is -2.30. The van der Waals surface area contributed by atoms with Gasteiger partial charge in [0.25, 0.3) is 0 Å². The van der Waals surface area contributed by atoms with E-state index in [9.17, 15) is 0 Å². The van der Waals surface area contributed by atoms with E-state index >= 15 is 0 Å². The number of nitrogens with zero attached hydrogens (tertiary/aromatic N) is 2. The van der Waals surface area contributed by atoms with E-state index in [1.165, 1.54) is 6.42 Å². The van der Waals surface area contributed by atoms with Crippen molar-refractivity contribution < 1.29 is 4.52 Å². The number of hydrogen-bond donors (Lipinski definition) is 1. The molecule has 1 aliphatic rings. The SMILES string of the molecule is Cc1cc(CN(C)C2CCC(N)C2)no1. The molecule has 0 amide bonds. The van der Waals surface area contributed by atoms with Crippen LogP contribution in [-0.2, 0) is 6.54 Å². The highest BCUT2D eigenvalue weighted by Gasteiger charge is 2.25. The molecule has 0 bridgehead atoms. The van der Waals surface area contributed by atoms with Crippen LogP contribution in [0.1, 0.15) is 30.7 Å². The monoisotopic (exact) mass is 209 g/mol. The largest absolute Gasteiger partial charge is 0.361 e. The molecule has 0 spiro atoms. The van der Waals surface area contributed by atoms with Crippen LogP contribution in [0.2, 0.25) is 0 Å². The molecule has 15 heavy (non-hydrogen) atoms. The molecule has 1 aliphatic carbocycles. The molecule has 0 radical (unpaired) electrons. The van der Waals surface area contributed by atoms with Crippen LogP contribution in [0.5, 0.6) is 0 Å². The molecule has 1 aromatic rings. The zero-order valence-electron chi connectivity index (χ0n) is 9.44. The first-order valence-corrected chi connectivity index (χ1v) is 5.53. The molecule has 4 nitrogen and oxygen atoms in total. The molecule has 1 fully saturated rings. The van der Waals surface area contributed by atoms with Crippen molar-refractivity contribution in [3.63, 3.8) is 0 Å². The van der Waals surface area contributed by atoms with Gasteiger partial charge in [-0.25, -0.2) is 0 Å². The quantitative estimate of drug-likeness (QED) is 0.815. The van der Waals surface area contributed by atoms with Gasteiger partial charge in [-0.15, -0.1) is 0 Å². The van der Waals surface area contributed by atoms with Gasteiger partial charge < -0.3 is 10.3 Å². The van der Waals surface area contributed by atoms with Crippen molar-refractivity contribution in [2.45, 2.75) is 44.8 Å². The molecule has 0 aromatic carbocycles. The summed E-state index contributed by atoms with van der Waals surface area (Å²) in [6.45, 7) is 2.77. The lowest BCUT2D eigenvalue weighted by molar-refractivity contribution is 0.228. The topological polar surface area (TPSA) is 55.3 Å². The average molecular weight is 209 g/mol. The molecule has 2 atom stereocenters. The Labute approximate surface area is 90.4 Å². The van der Waals surface area contributed by atoms with Crippen LogP contribution in [0, 0.1) is 6.92 Å². The fraction of sp³-hybridized carbons (Fsp3) is 0.727. The van der Waals surface area contributed by atoms with Gasteiger partial charge >= 0.3 is 0 Å². The third-order valence-corrected chi connectivity index (χ3v) is 3.16. The van der Waals surface area contributed by atoms with Crippen LogP contribution in [0.3, 0.4) is 0 Å². The van der Waals surface area contributed by atoms with Crippen molar-refractivity contribution in [2.75, 3.05) is 7.05 Å². The summed E-state index contributed by atoms with van der Waals surface area (Å²) in [6.07, 6.45) is 3.45. The predicted octanol–water partition coefficient (Wildman–Crippen LogP) is 1.29. The van der Waals surface area contributed by atoms with Gasteiger partial charge in [-0.3, -0.25) is 4.90 Å². The fourth-order valence-electron chi connectivity index (χ4n) is 2.27. The van der Waals surface area contributed by atoms with Gasteiger partial charge in [0.1, 0.15) is 5.76 Å². The number of aryl methyl sites for hydroxylation is 1. The zero-order valence-corrected chi connectivity index (χ0v) is 9.44. The van der Waals surface area contributed by atoms with Crippen LogP contribution in [0.25, 0.3) is 0 Å². The Morgan fingerprint density at radius 1 is 1.60 bits per heavy atom. The minimum absolute atomic E-state index is 0.386. The highest BCUT2D eigenvalue weighted by Crippen LogP contribution is 2.22. The van der Waals surface area contributed by atoms with Gasteiger partial charge in [0.2, 0.25) is 0 Å². The Morgan fingerprint density at radius 3 is 2.93 bits per heavy atom. The smallest absolute Gasteiger partial charge is 0.133 e. The van der Waals surface area contributed by atoms with Crippen LogP contribution in [0.4, 0.5) is 0 Å². The van der Waals surface area contributed by atoms with E-state index in [0.29, 0.717) is 12.1 Å². The standard InChI is InChI=1S/C11H19N3O/c1-8-5-10(13-15-8)7-14(2)11-4-3-9(12)6-11/h5,9,11H,3-4,6-7,12H2,1-2H3. The summed E-state index contributed by atoms with van der Waals surface area (Å²) >= 11 is 0. The van der Waals surface area contributed by atoms with Crippen molar-refractivity contribution in [3.05, 3.63) is 17.5 Å². The minimum atomic E-state index is 0.386. The lowest BCUT2D eigenvalue weighted by atomic mass is 10.2. The predicted molar refractivity (Wildman–Crippen MR) is 58.3 cm³/mol. The average Bonchev–Trinajstić information content (AvgIpc) is 2.75. The second-order valence-corrected chi connectivity index (χ2v) is 4.57.